The average molecular weight is 370 g/mol. The number of nitrogens with one attached hydrogen (secondary N) is 1. The number of carboxylic acids is 1. The molecule has 1 amide bonds. The van der Waals surface area contributed by atoms with Crippen LogP contribution in [0.2, 0.25) is 0 Å². The van der Waals surface area contributed by atoms with Crippen LogP contribution in [0.3, 0.4) is 0 Å². The summed E-state index contributed by atoms with van der Waals surface area (Å²) in [4.78, 5) is 33.8. The number of ketones is 1. The van der Waals surface area contributed by atoms with Crippen molar-refractivity contribution in [3.63, 3.8) is 0 Å². The van der Waals surface area contributed by atoms with Crippen molar-refractivity contribution in [2.45, 2.75) is 116 Å². The Balaban J connectivity index is 3.47. The van der Waals surface area contributed by atoms with Gasteiger partial charge in [0.25, 0.3) is 0 Å². The van der Waals surface area contributed by atoms with Crippen molar-refractivity contribution in [3.05, 3.63) is 0 Å². The lowest BCUT2D eigenvalue weighted by Gasteiger charge is -2.13. The zero-order valence-corrected chi connectivity index (χ0v) is 16.9. The van der Waals surface area contributed by atoms with E-state index in [-0.39, 0.29) is 18.1 Å². The summed E-state index contributed by atoms with van der Waals surface area (Å²) in [7, 11) is 0. The van der Waals surface area contributed by atoms with Crippen LogP contribution in [-0.4, -0.2) is 28.8 Å². The van der Waals surface area contributed by atoms with Crippen LogP contribution >= 0.6 is 0 Å². The van der Waals surface area contributed by atoms with Crippen molar-refractivity contribution in [1.82, 2.24) is 5.32 Å². The predicted octanol–water partition coefficient (Wildman–Crippen LogP) is 5.02. The molecule has 1 atom stereocenters. The first kappa shape index (κ1) is 24.6. The third-order valence-corrected chi connectivity index (χ3v) is 4.71. The average Bonchev–Trinajstić information content (AvgIpc) is 2.58. The Kier molecular flexibility index (Phi) is 16.1. The lowest BCUT2D eigenvalue weighted by Crippen LogP contribution is -2.41. The standard InChI is InChI=1S/C21H39NO4/c1-3-4-5-6-7-8-9-10-11-12-13-14-15-16-20(24)22-19(18(2)23)17-21(25)26/h19H,3-17H2,1-2H3,(H,22,24)(H,25,26)/t19-/m0/s1. The van der Waals surface area contributed by atoms with Gasteiger partial charge in [-0.15, -0.1) is 0 Å². The van der Waals surface area contributed by atoms with Crippen molar-refractivity contribution in [3.8, 4) is 0 Å². The number of hydrogen-bond donors (Lipinski definition) is 2. The maximum Gasteiger partial charge on any atom is 0.305 e. The minimum Gasteiger partial charge on any atom is -0.481 e. The smallest absolute Gasteiger partial charge is 0.305 e. The fourth-order valence-electron chi connectivity index (χ4n) is 3.04. The van der Waals surface area contributed by atoms with Crippen LogP contribution in [0.5, 0.6) is 0 Å². The molecule has 0 radical (unpaired) electrons. The van der Waals surface area contributed by atoms with E-state index in [0.717, 1.165) is 19.3 Å². The van der Waals surface area contributed by atoms with Crippen molar-refractivity contribution in [2.24, 2.45) is 0 Å². The number of hydrogen-bond acceptors (Lipinski definition) is 3. The molecule has 0 unspecified atom stereocenters. The maximum absolute atomic E-state index is 11.8. The van der Waals surface area contributed by atoms with E-state index < -0.39 is 12.0 Å². The van der Waals surface area contributed by atoms with E-state index in [4.69, 9.17) is 5.11 Å². The number of Topliss-reactive ketones (excluding diaryl/α,β-unsaturated/α-hetero) is 1. The molecule has 0 rings (SSSR count). The summed E-state index contributed by atoms with van der Waals surface area (Å²) in [5.74, 6) is -1.62. The van der Waals surface area contributed by atoms with Gasteiger partial charge in [-0.3, -0.25) is 14.4 Å². The molecule has 0 aliphatic rings. The molecule has 5 heteroatoms. The molecule has 152 valence electrons. The quantitative estimate of drug-likeness (QED) is 0.332. The molecule has 0 saturated heterocycles. The Morgan fingerprint density at radius 3 is 1.58 bits per heavy atom. The first-order chi connectivity index (χ1) is 12.5. The van der Waals surface area contributed by atoms with Gasteiger partial charge in [0.15, 0.2) is 5.78 Å². The zero-order valence-electron chi connectivity index (χ0n) is 16.9. The van der Waals surface area contributed by atoms with Crippen LogP contribution in [0.1, 0.15) is 110 Å². The third kappa shape index (κ3) is 16.1. The number of carboxylic acid groups (broad SMARTS) is 1. The second-order valence-electron chi connectivity index (χ2n) is 7.32. The van der Waals surface area contributed by atoms with Crippen molar-refractivity contribution in [1.29, 1.82) is 0 Å². The highest BCUT2D eigenvalue weighted by molar-refractivity contribution is 5.90. The van der Waals surface area contributed by atoms with Gasteiger partial charge in [0.2, 0.25) is 5.91 Å². The van der Waals surface area contributed by atoms with E-state index in [1.807, 2.05) is 0 Å². The largest absolute Gasteiger partial charge is 0.481 e. The zero-order chi connectivity index (χ0) is 19.6. The summed E-state index contributed by atoms with van der Waals surface area (Å²) in [6.07, 6.45) is 16.3. The molecule has 0 aliphatic heterocycles. The van der Waals surface area contributed by atoms with Crippen molar-refractivity contribution < 1.29 is 19.5 Å². The Morgan fingerprint density at radius 1 is 0.769 bits per heavy atom. The molecule has 5 nitrogen and oxygen atoms in total. The Bertz CT molecular complexity index is 395. The molecule has 0 spiro atoms. The summed E-state index contributed by atoms with van der Waals surface area (Å²) in [6, 6.07) is -0.901. The van der Waals surface area contributed by atoms with Gasteiger partial charge >= 0.3 is 5.97 Å². The minimum atomic E-state index is -1.08. The van der Waals surface area contributed by atoms with Gasteiger partial charge in [-0.2, -0.15) is 0 Å². The third-order valence-electron chi connectivity index (χ3n) is 4.71. The molecule has 0 fully saturated rings. The summed E-state index contributed by atoms with van der Waals surface area (Å²) < 4.78 is 0. The molecule has 0 aromatic heterocycles. The molecule has 0 bridgehead atoms. The first-order valence-corrected chi connectivity index (χ1v) is 10.5. The van der Waals surface area contributed by atoms with Crippen molar-refractivity contribution in [2.75, 3.05) is 0 Å². The monoisotopic (exact) mass is 369 g/mol. The highest BCUT2D eigenvalue weighted by Crippen LogP contribution is 2.13. The van der Waals surface area contributed by atoms with E-state index >= 15 is 0 Å². The van der Waals surface area contributed by atoms with Gasteiger partial charge in [-0.25, -0.2) is 0 Å². The van der Waals surface area contributed by atoms with Gasteiger partial charge in [0.1, 0.15) is 0 Å². The van der Waals surface area contributed by atoms with Crippen LogP contribution in [0.4, 0.5) is 0 Å². The van der Waals surface area contributed by atoms with E-state index in [0.29, 0.717) is 6.42 Å². The maximum atomic E-state index is 11.8. The highest BCUT2D eigenvalue weighted by Gasteiger charge is 2.19. The Hall–Kier alpha value is -1.39. The second kappa shape index (κ2) is 17.0. The summed E-state index contributed by atoms with van der Waals surface area (Å²) in [5, 5.41) is 11.3. The number of unbranched alkanes of at least 4 members (excludes halogenated alkanes) is 12. The second-order valence-corrected chi connectivity index (χ2v) is 7.32. The summed E-state index contributed by atoms with van der Waals surface area (Å²) in [6.45, 7) is 3.55. The van der Waals surface area contributed by atoms with Gasteiger partial charge < -0.3 is 10.4 Å². The normalized spacial score (nSPS) is 11.9. The summed E-state index contributed by atoms with van der Waals surface area (Å²) in [5.41, 5.74) is 0. The Morgan fingerprint density at radius 2 is 1.19 bits per heavy atom. The number of aliphatic carboxylic acids is 1. The highest BCUT2D eigenvalue weighted by atomic mass is 16.4. The number of rotatable bonds is 18. The summed E-state index contributed by atoms with van der Waals surface area (Å²) >= 11 is 0. The minimum absolute atomic E-state index is 0.227. The van der Waals surface area contributed by atoms with E-state index in [1.165, 1.54) is 71.1 Å². The number of carbonyl (C=O) groups excluding carboxylic acids is 2. The molecule has 26 heavy (non-hydrogen) atoms. The molecule has 0 heterocycles. The molecular weight excluding hydrogens is 330 g/mol. The molecular formula is C21H39NO4. The molecule has 0 aromatic carbocycles. The lowest BCUT2D eigenvalue weighted by molar-refractivity contribution is -0.139. The van der Waals surface area contributed by atoms with Crippen molar-refractivity contribution >= 4 is 17.7 Å². The molecule has 0 saturated carbocycles. The lowest BCUT2D eigenvalue weighted by atomic mass is 10.0. The van der Waals surface area contributed by atoms with E-state index in [9.17, 15) is 14.4 Å². The van der Waals surface area contributed by atoms with Gasteiger partial charge in [0, 0.05) is 6.42 Å². The fraction of sp³-hybridized carbons (Fsp3) is 0.857. The van der Waals surface area contributed by atoms with Crippen LogP contribution in [-0.2, 0) is 14.4 Å². The number of amides is 1. The van der Waals surface area contributed by atoms with Crippen LogP contribution in [0, 0.1) is 0 Å². The van der Waals surface area contributed by atoms with Gasteiger partial charge in [-0.1, -0.05) is 84.0 Å². The van der Waals surface area contributed by atoms with Crippen LogP contribution < -0.4 is 5.32 Å². The van der Waals surface area contributed by atoms with Crippen LogP contribution in [0.25, 0.3) is 0 Å². The van der Waals surface area contributed by atoms with Gasteiger partial charge in [0.05, 0.1) is 12.5 Å². The fourth-order valence-corrected chi connectivity index (χ4v) is 3.04. The van der Waals surface area contributed by atoms with Gasteiger partial charge in [-0.05, 0) is 13.3 Å². The van der Waals surface area contributed by atoms with E-state index in [2.05, 4.69) is 12.2 Å². The Labute approximate surface area is 159 Å². The van der Waals surface area contributed by atoms with E-state index in [1.54, 1.807) is 0 Å². The molecule has 2 N–H and O–H groups in total. The topological polar surface area (TPSA) is 83.5 Å². The first-order valence-electron chi connectivity index (χ1n) is 10.5. The van der Waals surface area contributed by atoms with Crippen LogP contribution in [0.15, 0.2) is 0 Å². The molecule has 0 aliphatic carbocycles. The molecule has 0 aromatic rings. The SMILES string of the molecule is CCCCCCCCCCCCCCCC(=O)N[C@@H](CC(=O)O)C(C)=O. The number of carbonyl (C=O) groups is 3. The predicted molar refractivity (Wildman–Crippen MR) is 105 cm³/mol.